The van der Waals surface area contributed by atoms with Gasteiger partial charge in [0.05, 0.1) is 17.7 Å². The summed E-state index contributed by atoms with van der Waals surface area (Å²) in [4.78, 5) is 8.56. The van der Waals surface area contributed by atoms with Gasteiger partial charge in [0.15, 0.2) is 17.3 Å². The van der Waals surface area contributed by atoms with Crippen LogP contribution in [0.1, 0.15) is 6.42 Å². The molecule has 2 aromatic rings. The van der Waals surface area contributed by atoms with Gasteiger partial charge >= 0.3 is 0 Å². The molecule has 0 saturated heterocycles. The van der Waals surface area contributed by atoms with Gasteiger partial charge in [0.25, 0.3) is 0 Å². The first-order valence-electron chi connectivity index (χ1n) is 6.17. The highest BCUT2D eigenvalue weighted by Crippen LogP contribution is 2.40. The van der Waals surface area contributed by atoms with E-state index in [2.05, 4.69) is 31.3 Å². The number of nitrogens with zero attached hydrogens (tertiary/aromatic N) is 2. The molecular formula is C13H13BrN4O2. The Bertz CT molecular complexity index is 636. The maximum atomic E-state index is 5.70. The second-order valence-electron chi connectivity index (χ2n) is 4.25. The second-order valence-corrected chi connectivity index (χ2v) is 5.10. The summed E-state index contributed by atoms with van der Waals surface area (Å²) in [5, 5.41) is 0. The number of ether oxygens (including phenoxy) is 2. The standard InChI is InChI=1S/C13H13BrN4O2/c14-9-6-8(13-16-3-2-11(17-13)18-15)7-10-12(9)20-5-1-4-19-10/h2-3,6-7H,1,4-5,15H2,(H,16,17,18). The zero-order valence-electron chi connectivity index (χ0n) is 10.6. The number of rotatable bonds is 2. The van der Waals surface area contributed by atoms with E-state index in [0.717, 1.165) is 22.2 Å². The number of benzene rings is 1. The van der Waals surface area contributed by atoms with Crippen molar-refractivity contribution in [2.75, 3.05) is 18.6 Å². The van der Waals surface area contributed by atoms with Crippen molar-refractivity contribution in [3.63, 3.8) is 0 Å². The quantitative estimate of drug-likeness (QED) is 0.647. The Morgan fingerprint density at radius 2 is 2.10 bits per heavy atom. The van der Waals surface area contributed by atoms with Gasteiger partial charge in [0, 0.05) is 24.2 Å². The van der Waals surface area contributed by atoms with E-state index >= 15 is 0 Å². The number of nitrogens with two attached hydrogens (primary N) is 1. The van der Waals surface area contributed by atoms with Crippen LogP contribution in [0.25, 0.3) is 11.4 Å². The highest BCUT2D eigenvalue weighted by Gasteiger charge is 2.17. The molecule has 0 saturated carbocycles. The second kappa shape index (κ2) is 5.64. The van der Waals surface area contributed by atoms with Gasteiger partial charge in [-0.1, -0.05) is 0 Å². The van der Waals surface area contributed by atoms with E-state index in [9.17, 15) is 0 Å². The van der Waals surface area contributed by atoms with E-state index in [1.54, 1.807) is 12.3 Å². The molecule has 0 bridgehead atoms. The van der Waals surface area contributed by atoms with E-state index in [1.165, 1.54) is 0 Å². The number of hydrazine groups is 1. The Morgan fingerprint density at radius 3 is 2.95 bits per heavy atom. The third kappa shape index (κ3) is 2.54. The minimum Gasteiger partial charge on any atom is -0.489 e. The van der Waals surface area contributed by atoms with E-state index in [-0.39, 0.29) is 0 Å². The topological polar surface area (TPSA) is 82.3 Å². The number of anilines is 1. The first-order chi connectivity index (χ1) is 9.78. The molecule has 20 heavy (non-hydrogen) atoms. The molecule has 0 atom stereocenters. The van der Waals surface area contributed by atoms with Gasteiger partial charge in [-0.05, 0) is 28.1 Å². The van der Waals surface area contributed by atoms with Crippen molar-refractivity contribution in [1.29, 1.82) is 0 Å². The number of hydrogen-bond acceptors (Lipinski definition) is 6. The zero-order chi connectivity index (χ0) is 13.9. The molecule has 2 heterocycles. The molecule has 1 aliphatic rings. The largest absolute Gasteiger partial charge is 0.489 e. The Balaban J connectivity index is 2.06. The molecule has 7 heteroatoms. The predicted molar refractivity (Wildman–Crippen MR) is 78.6 cm³/mol. The third-order valence-corrected chi connectivity index (χ3v) is 3.45. The average molecular weight is 337 g/mol. The van der Waals surface area contributed by atoms with Crippen LogP contribution in [0.2, 0.25) is 0 Å². The summed E-state index contributed by atoms with van der Waals surface area (Å²) >= 11 is 3.50. The molecule has 3 rings (SSSR count). The summed E-state index contributed by atoms with van der Waals surface area (Å²) in [5.41, 5.74) is 3.34. The molecule has 3 N–H and O–H groups in total. The molecule has 1 aromatic carbocycles. The summed E-state index contributed by atoms with van der Waals surface area (Å²) < 4.78 is 12.2. The van der Waals surface area contributed by atoms with Crippen LogP contribution >= 0.6 is 15.9 Å². The van der Waals surface area contributed by atoms with Crippen molar-refractivity contribution in [3.05, 3.63) is 28.9 Å². The number of aromatic nitrogens is 2. The fraction of sp³-hybridized carbons (Fsp3) is 0.231. The van der Waals surface area contributed by atoms with Crippen molar-refractivity contribution in [3.8, 4) is 22.9 Å². The summed E-state index contributed by atoms with van der Waals surface area (Å²) in [7, 11) is 0. The molecule has 6 nitrogen and oxygen atoms in total. The number of nitrogen functional groups attached to an aromatic ring is 1. The van der Waals surface area contributed by atoms with Crippen LogP contribution in [0.5, 0.6) is 11.5 Å². The average Bonchev–Trinajstić information content (AvgIpc) is 2.73. The van der Waals surface area contributed by atoms with Crippen LogP contribution in [0.3, 0.4) is 0 Å². The lowest BCUT2D eigenvalue weighted by Crippen LogP contribution is -2.09. The lowest BCUT2D eigenvalue weighted by molar-refractivity contribution is 0.296. The van der Waals surface area contributed by atoms with Crippen LogP contribution in [-0.4, -0.2) is 23.2 Å². The Morgan fingerprint density at radius 1 is 1.25 bits per heavy atom. The van der Waals surface area contributed by atoms with Crippen molar-refractivity contribution in [1.82, 2.24) is 9.97 Å². The molecule has 0 radical (unpaired) electrons. The number of fused-ring (bicyclic) bond motifs is 1. The molecule has 0 unspecified atom stereocenters. The van der Waals surface area contributed by atoms with Gasteiger partial charge in [0.1, 0.15) is 5.82 Å². The maximum Gasteiger partial charge on any atom is 0.175 e. The number of halogens is 1. The van der Waals surface area contributed by atoms with Crippen LogP contribution in [0.4, 0.5) is 5.82 Å². The van der Waals surface area contributed by atoms with Gasteiger partial charge in [0.2, 0.25) is 0 Å². The van der Waals surface area contributed by atoms with Crippen molar-refractivity contribution < 1.29 is 9.47 Å². The summed E-state index contributed by atoms with van der Waals surface area (Å²) in [5.74, 6) is 7.90. The van der Waals surface area contributed by atoms with Gasteiger partial charge < -0.3 is 14.9 Å². The maximum absolute atomic E-state index is 5.70. The molecular weight excluding hydrogens is 324 g/mol. The molecule has 1 aliphatic heterocycles. The summed E-state index contributed by atoms with van der Waals surface area (Å²) in [6.45, 7) is 1.28. The lowest BCUT2D eigenvalue weighted by Gasteiger charge is -2.11. The predicted octanol–water partition coefficient (Wildman–Crippen LogP) is 2.35. The van der Waals surface area contributed by atoms with E-state index in [4.69, 9.17) is 15.3 Å². The Kier molecular flexibility index (Phi) is 3.70. The molecule has 0 spiro atoms. The van der Waals surface area contributed by atoms with Gasteiger partial charge in [-0.25, -0.2) is 15.8 Å². The van der Waals surface area contributed by atoms with Crippen LogP contribution in [0, 0.1) is 0 Å². The highest BCUT2D eigenvalue weighted by atomic mass is 79.9. The minimum absolute atomic E-state index is 0.554. The van der Waals surface area contributed by atoms with Gasteiger partial charge in [-0.15, -0.1) is 0 Å². The van der Waals surface area contributed by atoms with Crippen LogP contribution < -0.4 is 20.7 Å². The first-order valence-corrected chi connectivity index (χ1v) is 6.96. The molecule has 0 fully saturated rings. The highest BCUT2D eigenvalue weighted by molar-refractivity contribution is 9.10. The summed E-state index contributed by atoms with van der Waals surface area (Å²) in [6, 6.07) is 5.48. The van der Waals surface area contributed by atoms with E-state index in [1.807, 2.05) is 12.1 Å². The molecule has 104 valence electrons. The van der Waals surface area contributed by atoms with Crippen molar-refractivity contribution >= 4 is 21.7 Å². The Hall–Kier alpha value is -1.86. The van der Waals surface area contributed by atoms with E-state index < -0.39 is 0 Å². The molecule has 0 amide bonds. The van der Waals surface area contributed by atoms with E-state index in [0.29, 0.717) is 30.6 Å². The fourth-order valence-electron chi connectivity index (χ4n) is 1.94. The van der Waals surface area contributed by atoms with Gasteiger partial charge in [-0.3, -0.25) is 0 Å². The monoisotopic (exact) mass is 336 g/mol. The number of hydrogen-bond donors (Lipinski definition) is 2. The Labute approximate surface area is 124 Å². The summed E-state index contributed by atoms with van der Waals surface area (Å²) in [6.07, 6.45) is 2.51. The first kappa shape index (κ1) is 13.1. The molecule has 0 aliphatic carbocycles. The van der Waals surface area contributed by atoms with Crippen molar-refractivity contribution in [2.45, 2.75) is 6.42 Å². The fourth-order valence-corrected chi connectivity index (χ4v) is 2.49. The SMILES string of the molecule is NNc1ccnc(-c2cc(Br)c3c(c2)OCCCO3)n1. The smallest absolute Gasteiger partial charge is 0.175 e. The zero-order valence-corrected chi connectivity index (χ0v) is 12.2. The molecule has 1 aromatic heterocycles. The minimum atomic E-state index is 0.554. The number of nitrogens with one attached hydrogen (secondary N) is 1. The van der Waals surface area contributed by atoms with Gasteiger partial charge in [-0.2, -0.15) is 0 Å². The third-order valence-electron chi connectivity index (χ3n) is 2.86. The normalized spacial score (nSPS) is 13.7. The lowest BCUT2D eigenvalue weighted by atomic mass is 10.2. The van der Waals surface area contributed by atoms with Crippen LogP contribution in [-0.2, 0) is 0 Å². The van der Waals surface area contributed by atoms with Crippen LogP contribution in [0.15, 0.2) is 28.9 Å². The van der Waals surface area contributed by atoms with Crippen molar-refractivity contribution in [2.24, 2.45) is 5.84 Å².